The van der Waals surface area contributed by atoms with Crippen molar-refractivity contribution in [2.45, 2.75) is 142 Å². The first-order chi connectivity index (χ1) is 19.9. The summed E-state index contributed by atoms with van der Waals surface area (Å²) < 4.78 is 13.0. The van der Waals surface area contributed by atoms with E-state index in [9.17, 15) is 0 Å². The SMILES string of the molecule is CCCCCCCCCCCCOc1c2ccccc2c(OCCCCCCCCCCCC)c2ccccc12. The van der Waals surface area contributed by atoms with E-state index in [0.717, 1.165) is 37.6 Å². The fraction of sp³-hybridized carbons (Fsp3) is 0.632. The number of hydrogen-bond donors (Lipinski definition) is 0. The van der Waals surface area contributed by atoms with E-state index in [1.165, 1.54) is 137 Å². The highest BCUT2D eigenvalue weighted by Gasteiger charge is 2.15. The third kappa shape index (κ3) is 11.3. The third-order valence-electron chi connectivity index (χ3n) is 8.32. The summed E-state index contributed by atoms with van der Waals surface area (Å²) in [5, 5.41) is 4.69. The van der Waals surface area contributed by atoms with Crippen molar-refractivity contribution in [1.82, 2.24) is 0 Å². The number of rotatable bonds is 24. The molecule has 0 fully saturated rings. The molecule has 0 N–H and O–H groups in total. The minimum atomic E-state index is 0.781. The van der Waals surface area contributed by atoms with Crippen LogP contribution in [0, 0.1) is 0 Å². The fourth-order valence-electron chi connectivity index (χ4n) is 5.89. The Morgan fingerprint density at radius 3 is 0.875 bits per heavy atom. The zero-order chi connectivity index (χ0) is 28.1. The second-order valence-electron chi connectivity index (χ2n) is 11.8. The standard InChI is InChI=1S/C38H58O2/c1-3-5-7-9-11-13-15-17-19-25-31-39-37-33-27-21-23-29-35(33)38(36-30-24-22-28-34(36)37)40-32-26-20-18-16-14-12-10-8-6-4-2/h21-24,27-30H,3-20,25-26,31-32H2,1-2H3. The summed E-state index contributed by atoms with van der Waals surface area (Å²) in [4.78, 5) is 0. The van der Waals surface area contributed by atoms with Crippen LogP contribution in [0.4, 0.5) is 0 Å². The van der Waals surface area contributed by atoms with E-state index < -0.39 is 0 Å². The molecule has 0 aliphatic rings. The van der Waals surface area contributed by atoms with E-state index in [1.807, 2.05) is 0 Å². The molecule has 40 heavy (non-hydrogen) atoms. The van der Waals surface area contributed by atoms with Crippen LogP contribution in [0.5, 0.6) is 11.5 Å². The van der Waals surface area contributed by atoms with Crippen molar-refractivity contribution in [1.29, 1.82) is 0 Å². The van der Waals surface area contributed by atoms with Gasteiger partial charge in [0.15, 0.2) is 0 Å². The predicted molar refractivity (Wildman–Crippen MR) is 176 cm³/mol. The number of fused-ring (bicyclic) bond motifs is 2. The summed E-state index contributed by atoms with van der Waals surface area (Å²) in [7, 11) is 0. The number of unbranched alkanes of at least 4 members (excludes halogenated alkanes) is 18. The second-order valence-corrected chi connectivity index (χ2v) is 11.8. The van der Waals surface area contributed by atoms with E-state index in [2.05, 4.69) is 62.4 Å². The van der Waals surface area contributed by atoms with Crippen LogP contribution in [0.25, 0.3) is 21.5 Å². The maximum absolute atomic E-state index is 6.52. The molecule has 0 aliphatic carbocycles. The van der Waals surface area contributed by atoms with Crippen LogP contribution in [0.2, 0.25) is 0 Å². The lowest BCUT2D eigenvalue weighted by atomic mass is 10.0. The van der Waals surface area contributed by atoms with Gasteiger partial charge in [-0.1, -0.05) is 178 Å². The van der Waals surface area contributed by atoms with Gasteiger partial charge in [0.1, 0.15) is 11.5 Å². The van der Waals surface area contributed by atoms with Crippen LogP contribution >= 0.6 is 0 Å². The molecule has 2 nitrogen and oxygen atoms in total. The molecule has 0 aliphatic heterocycles. The lowest BCUT2D eigenvalue weighted by Gasteiger charge is -2.18. The molecule has 0 unspecified atom stereocenters. The van der Waals surface area contributed by atoms with Gasteiger partial charge in [-0.2, -0.15) is 0 Å². The summed E-state index contributed by atoms with van der Waals surface area (Å²) >= 11 is 0. The molecule has 2 heteroatoms. The van der Waals surface area contributed by atoms with Gasteiger partial charge < -0.3 is 9.47 Å². The Bertz CT molecular complexity index is 915. The molecule has 0 saturated heterocycles. The molecule has 0 atom stereocenters. The minimum Gasteiger partial charge on any atom is -0.492 e. The molecule has 0 saturated carbocycles. The van der Waals surface area contributed by atoms with Crippen molar-refractivity contribution >= 4 is 21.5 Å². The highest BCUT2D eigenvalue weighted by molar-refractivity contribution is 6.11. The van der Waals surface area contributed by atoms with Gasteiger partial charge in [-0.15, -0.1) is 0 Å². The molecule has 0 aromatic heterocycles. The van der Waals surface area contributed by atoms with Crippen molar-refractivity contribution in [3.8, 4) is 11.5 Å². The van der Waals surface area contributed by atoms with Gasteiger partial charge in [-0.25, -0.2) is 0 Å². The zero-order valence-corrected chi connectivity index (χ0v) is 26.0. The zero-order valence-electron chi connectivity index (χ0n) is 26.0. The summed E-state index contributed by atoms with van der Waals surface area (Å²) in [5.74, 6) is 2.04. The van der Waals surface area contributed by atoms with Crippen LogP contribution in [0.15, 0.2) is 48.5 Å². The molecule has 3 aromatic carbocycles. The Labute approximate surface area is 246 Å². The maximum Gasteiger partial charge on any atom is 0.135 e. The van der Waals surface area contributed by atoms with E-state index in [4.69, 9.17) is 9.47 Å². The maximum atomic E-state index is 6.52. The Morgan fingerprint density at radius 1 is 0.350 bits per heavy atom. The molecule has 0 amide bonds. The molecule has 0 bridgehead atoms. The van der Waals surface area contributed by atoms with E-state index >= 15 is 0 Å². The smallest absolute Gasteiger partial charge is 0.135 e. The second kappa shape index (κ2) is 20.6. The Balaban J connectivity index is 1.47. The van der Waals surface area contributed by atoms with Gasteiger partial charge in [-0.05, 0) is 12.8 Å². The predicted octanol–water partition coefficient (Wildman–Crippen LogP) is 12.6. The van der Waals surface area contributed by atoms with Gasteiger partial charge in [-0.3, -0.25) is 0 Å². The topological polar surface area (TPSA) is 18.5 Å². The highest BCUT2D eigenvalue weighted by atomic mass is 16.5. The Hall–Kier alpha value is -2.22. The van der Waals surface area contributed by atoms with Gasteiger partial charge in [0, 0.05) is 21.5 Å². The van der Waals surface area contributed by atoms with Crippen LogP contribution < -0.4 is 9.47 Å². The van der Waals surface area contributed by atoms with Gasteiger partial charge in [0.05, 0.1) is 13.2 Å². The van der Waals surface area contributed by atoms with Crippen molar-refractivity contribution in [2.24, 2.45) is 0 Å². The lowest BCUT2D eigenvalue weighted by Crippen LogP contribution is -2.02. The van der Waals surface area contributed by atoms with Crippen molar-refractivity contribution in [2.75, 3.05) is 13.2 Å². The van der Waals surface area contributed by atoms with Crippen molar-refractivity contribution in [3.05, 3.63) is 48.5 Å². The van der Waals surface area contributed by atoms with Crippen molar-refractivity contribution in [3.63, 3.8) is 0 Å². The first kappa shape index (κ1) is 32.3. The van der Waals surface area contributed by atoms with E-state index in [-0.39, 0.29) is 0 Å². The fourth-order valence-corrected chi connectivity index (χ4v) is 5.89. The molecule has 3 aromatic rings. The number of benzene rings is 3. The number of ether oxygens (including phenoxy) is 2. The molecule has 0 radical (unpaired) electrons. The molecule has 0 spiro atoms. The van der Waals surface area contributed by atoms with Crippen LogP contribution in [0.3, 0.4) is 0 Å². The van der Waals surface area contributed by atoms with Crippen LogP contribution in [-0.2, 0) is 0 Å². The molecular formula is C38H58O2. The summed E-state index contributed by atoms with van der Waals surface area (Å²) in [6, 6.07) is 17.3. The van der Waals surface area contributed by atoms with Crippen LogP contribution in [-0.4, -0.2) is 13.2 Å². The van der Waals surface area contributed by atoms with Gasteiger partial charge in [0.2, 0.25) is 0 Å². The first-order valence-corrected chi connectivity index (χ1v) is 17.1. The molecule has 222 valence electrons. The van der Waals surface area contributed by atoms with Gasteiger partial charge in [0.25, 0.3) is 0 Å². The summed E-state index contributed by atoms with van der Waals surface area (Å²) in [5.41, 5.74) is 0. The van der Waals surface area contributed by atoms with E-state index in [1.54, 1.807) is 0 Å². The summed E-state index contributed by atoms with van der Waals surface area (Å²) in [6.45, 7) is 6.14. The normalized spacial score (nSPS) is 11.4. The number of hydrogen-bond acceptors (Lipinski definition) is 2. The average Bonchev–Trinajstić information content (AvgIpc) is 2.99. The monoisotopic (exact) mass is 546 g/mol. The van der Waals surface area contributed by atoms with E-state index in [0.29, 0.717) is 0 Å². The summed E-state index contributed by atoms with van der Waals surface area (Å²) in [6.07, 6.45) is 26.8. The first-order valence-electron chi connectivity index (χ1n) is 17.1. The van der Waals surface area contributed by atoms with Crippen LogP contribution in [0.1, 0.15) is 142 Å². The Morgan fingerprint density at radius 2 is 0.600 bits per heavy atom. The molecule has 0 heterocycles. The molecular weight excluding hydrogens is 488 g/mol. The Kier molecular flexibility index (Phi) is 16.7. The molecule has 3 rings (SSSR count). The third-order valence-corrected chi connectivity index (χ3v) is 8.32. The quantitative estimate of drug-likeness (QED) is 0.0821. The van der Waals surface area contributed by atoms with Gasteiger partial charge >= 0.3 is 0 Å². The highest BCUT2D eigenvalue weighted by Crippen LogP contribution is 2.42. The largest absolute Gasteiger partial charge is 0.492 e. The minimum absolute atomic E-state index is 0.781. The average molecular weight is 547 g/mol. The van der Waals surface area contributed by atoms with Crippen molar-refractivity contribution < 1.29 is 9.47 Å². The lowest BCUT2D eigenvalue weighted by molar-refractivity contribution is 0.306.